The summed E-state index contributed by atoms with van der Waals surface area (Å²) in [5.74, 6) is -0.131. The lowest BCUT2D eigenvalue weighted by Gasteiger charge is -2.33. The summed E-state index contributed by atoms with van der Waals surface area (Å²) < 4.78 is 1.98. The Labute approximate surface area is 141 Å². The number of thioether (sulfide) groups is 1. The summed E-state index contributed by atoms with van der Waals surface area (Å²) in [6.07, 6.45) is 5.45. The van der Waals surface area contributed by atoms with Crippen LogP contribution in [0, 0.1) is 5.92 Å². The molecule has 1 aromatic heterocycles. The van der Waals surface area contributed by atoms with Gasteiger partial charge in [0.05, 0.1) is 24.4 Å². The van der Waals surface area contributed by atoms with Crippen LogP contribution in [0.5, 0.6) is 0 Å². The monoisotopic (exact) mass is 339 g/mol. The minimum Gasteiger partial charge on any atom is -0.350 e. The Bertz CT molecular complexity index is 572. The summed E-state index contributed by atoms with van der Waals surface area (Å²) in [5.41, 5.74) is 0.972. The number of hydrogen-bond acceptors (Lipinski definition) is 4. The molecule has 0 aromatic carbocycles. The Balaban J connectivity index is 1.90. The van der Waals surface area contributed by atoms with E-state index in [2.05, 4.69) is 10.3 Å². The number of imidazole rings is 1. The molecule has 1 aliphatic heterocycles. The van der Waals surface area contributed by atoms with Crippen molar-refractivity contribution in [1.82, 2.24) is 24.7 Å². The van der Waals surface area contributed by atoms with Gasteiger partial charge < -0.3 is 19.7 Å². The Hall–Kier alpha value is -1.70. The number of aromatic nitrogens is 2. The lowest BCUT2D eigenvalue weighted by Crippen LogP contribution is -2.48. The van der Waals surface area contributed by atoms with E-state index in [1.54, 1.807) is 41.9 Å². The molecular formula is C15H25N5O2S. The second-order valence-electron chi connectivity index (χ2n) is 5.98. The molecule has 0 spiro atoms. The molecule has 1 aromatic rings. The third kappa shape index (κ3) is 4.19. The summed E-state index contributed by atoms with van der Waals surface area (Å²) in [6.45, 7) is 1.67. The molecule has 0 bridgehead atoms. The fourth-order valence-corrected chi connectivity index (χ4v) is 3.30. The Morgan fingerprint density at radius 3 is 2.83 bits per heavy atom. The van der Waals surface area contributed by atoms with E-state index in [4.69, 9.17) is 0 Å². The fraction of sp³-hybridized carbons (Fsp3) is 0.667. The molecule has 1 fully saturated rings. The second kappa shape index (κ2) is 7.72. The first kappa shape index (κ1) is 17.7. The van der Waals surface area contributed by atoms with Crippen molar-refractivity contribution in [2.24, 2.45) is 13.0 Å². The summed E-state index contributed by atoms with van der Waals surface area (Å²) in [5, 5.41) is 3.90. The predicted octanol–water partition coefficient (Wildman–Crippen LogP) is 1.15. The van der Waals surface area contributed by atoms with Gasteiger partial charge in [0.25, 0.3) is 0 Å². The first-order valence-electron chi connectivity index (χ1n) is 7.72. The van der Waals surface area contributed by atoms with Crippen molar-refractivity contribution in [2.45, 2.75) is 24.5 Å². The molecule has 1 saturated heterocycles. The van der Waals surface area contributed by atoms with Gasteiger partial charge in [-0.25, -0.2) is 9.78 Å². The van der Waals surface area contributed by atoms with E-state index in [0.717, 1.165) is 30.2 Å². The number of urea groups is 1. The van der Waals surface area contributed by atoms with Crippen LogP contribution in [-0.4, -0.2) is 64.7 Å². The lowest BCUT2D eigenvalue weighted by molar-refractivity contribution is -0.126. The fourth-order valence-electron chi connectivity index (χ4n) is 2.75. The Kier molecular flexibility index (Phi) is 5.92. The van der Waals surface area contributed by atoms with Crippen LogP contribution in [0.2, 0.25) is 0 Å². The highest BCUT2D eigenvalue weighted by Crippen LogP contribution is 2.18. The molecule has 2 heterocycles. The van der Waals surface area contributed by atoms with Gasteiger partial charge in [-0.1, -0.05) is 11.8 Å². The first-order valence-corrected chi connectivity index (χ1v) is 8.95. The predicted molar refractivity (Wildman–Crippen MR) is 90.2 cm³/mol. The quantitative estimate of drug-likeness (QED) is 0.836. The van der Waals surface area contributed by atoms with E-state index in [0.29, 0.717) is 13.1 Å². The van der Waals surface area contributed by atoms with E-state index in [1.165, 1.54) is 0 Å². The smallest absolute Gasteiger partial charge is 0.319 e. The maximum Gasteiger partial charge on any atom is 0.319 e. The summed E-state index contributed by atoms with van der Waals surface area (Å²) in [4.78, 5) is 32.0. The first-order chi connectivity index (χ1) is 10.9. The molecule has 128 valence electrons. The van der Waals surface area contributed by atoms with Gasteiger partial charge in [-0.3, -0.25) is 4.79 Å². The number of carbonyl (C=O) groups is 2. The van der Waals surface area contributed by atoms with Gasteiger partial charge >= 0.3 is 6.03 Å². The molecule has 7 nitrogen and oxygen atoms in total. The van der Waals surface area contributed by atoms with Crippen molar-refractivity contribution in [3.8, 4) is 0 Å². The van der Waals surface area contributed by atoms with Gasteiger partial charge in [0.2, 0.25) is 5.91 Å². The third-order valence-electron chi connectivity index (χ3n) is 4.11. The van der Waals surface area contributed by atoms with Crippen molar-refractivity contribution >= 4 is 23.7 Å². The Morgan fingerprint density at radius 1 is 1.48 bits per heavy atom. The molecule has 1 aliphatic rings. The number of rotatable bonds is 4. The largest absolute Gasteiger partial charge is 0.350 e. The van der Waals surface area contributed by atoms with E-state index in [-0.39, 0.29) is 17.9 Å². The highest BCUT2D eigenvalue weighted by molar-refractivity contribution is 7.98. The number of hydrogen-bond donors (Lipinski definition) is 1. The molecule has 0 radical (unpaired) electrons. The topological polar surface area (TPSA) is 70.5 Å². The van der Waals surface area contributed by atoms with Crippen LogP contribution in [0.3, 0.4) is 0 Å². The van der Waals surface area contributed by atoms with Crippen LogP contribution in [0.1, 0.15) is 18.5 Å². The minimum absolute atomic E-state index is 0.00755. The second-order valence-corrected chi connectivity index (χ2v) is 6.75. The standard InChI is InChI=1S/C15H25N5O2S/c1-18(2)15(22)20-7-5-6-11(10-20)13(21)16-8-12-9-17-14(23-4)19(12)3/h9,11H,5-8,10H2,1-4H3,(H,16,21). The molecule has 0 saturated carbocycles. The van der Waals surface area contributed by atoms with Gasteiger partial charge in [-0.2, -0.15) is 0 Å². The van der Waals surface area contributed by atoms with Crippen molar-refractivity contribution < 1.29 is 9.59 Å². The van der Waals surface area contributed by atoms with Crippen molar-refractivity contribution in [1.29, 1.82) is 0 Å². The van der Waals surface area contributed by atoms with E-state index in [9.17, 15) is 9.59 Å². The summed E-state index contributed by atoms with van der Waals surface area (Å²) in [6, 6.07) is -0.0289. The maximum atomic E-state index is 12.4. The van der Waals surface area contributed by atoms with Gasteiger partial charge in [0.15, 0.2) is 5.16 Å². The highest BCUT2D eigenvalue weighted by Gasteiger charge is 2.29. The average molecular weight is 339 g/mol. The van der Waals surface area contributed by atoms with Crippen LogP contribution in [0.4, 0.5) is 4.79 Å². The molecule has 1 unspecified atom stereocenters. The minimum atomic E-state index is -0.138. The van der Waals surface area contributed by atoms with E-state index < -0.39 is 0 Å². The zero-order chi connectivity index (χ0) is 17.0. The molecule has 2 rings (SSSR count). The van der Waals surface area contributed by atoms with Gasteiger partial charge in [0.1, 0.15) is 0 Å². The zero-order valence-electron chi connectivity index (χ0n) is 14.2. The van der Waals surface area contributed by atoms with E-state index in [1.807, 2.05) is 17.9 Å². The average Bonchev–Trinajstić information content (AvgIpc) is 2.91. The van der Waals surface area contributed by atoms with Gasteiger partial charge in [0, 0.05) is 34.2 Å². The number of nitrogens with zero attached hydrogens (tertiary/aromatic N) is 4. The molecule has 1 N–H and O–H groups in total. The molecule has 0 aliphatic carbocycles. The summed E-state index contributed by atoms with van der Waals surface area (Å²) in [7, 11) is 5.41. The van der Waals surface area contributed by atoms with Crippen molar-refractivity contribution in [3.05, 3.63) is 11.9 Å². The van der Waals surface area contributed by atoms with Gasteiger partial charge in [-0.15, -0.1) is 0 Å². The highest BCUT2D eigenvalue weighted by atomic mass is 32.2. The van der Waals surface area contributed by atoms with E-state index >= 15 is 0 Å². The van der Waals surface area contributed by atoms with Crippen molar-refractivity contribution in [3.63, 3.8) is 0 Å². The summed E-state index contributed by atoms with van der Waals surface area (Å²) >= 11 is 1.58. The Morgan fingerprint density at radius 2 is 2.22 bits per heavy atom. The van der Waals surface area contributed by atoms with Crippen molar-refractivity contribution in [2.75, 3.05) is 33.4 Å². The SMILES string of the molecule is CSc1ncc(CNC(=O)C2CCCN(C(=O)N(C)C)C2)n1C. The number of nitrogens with one attached hydrogen (secondary N) is 1. The lowest BCUT2D eigenvalue weighted by atomic mass is 9.97. The third-order valence-corrected chi connectivity index (χ3v) is 4.86. The maximum absolute atomic E-state index is 12.4. The molecule has 1 atom stereocenters. The molecular weight excluding hydrogens is 314 g/mol. The number of carbonyl (C=O) groups excluding carboxylic acids is 2. The van der Waals surface area contributed by atoms with Crippen LogP contribution in [0.25, 0.3) is 0 Å². The molecule has 8 heteroatoms. The number of piperidine rings is 1. The van der Waals surface area contributed by atoms with Crippen LogP contribution >= 0.6 is 11.8 Å². The van der Waals surface area contributed by atoms with Gasteiger partial charge in [-0.05, 0) is 19.1 Å². The van der Waals surface area contributed by atoms with Crippen LogP contribution in [0.15, 0.2) is 11.4 Å². The zero-order valence-corrected chi connectivity index (χ0v) is 15.0. The van der Waals surface area contributed by atoms with Crippen LogP contribution in [-0.2, 0) is 18.4 Å². The number of likely N-dealkylation sites (tertiary alicyclic amines) is 1. The number of amides is 3. The molecule has 23 heavy (non-hydrogen) atoms. The van der Waals surface area contributed by atoms with Crippen LogP contribution < -0.4 is 5.32 Å². The molecule has 3 amide bonds. The normalized spacial score (nSPS) is 17.9.